The van der Waals surface area contributed by atoms with Crippen molar-refractivity contribution in [3.63, 3.8) is 0 Å². The average molecular weight is 584 g/mol. The molecule has 0 bridgehead atoms. The molecular weight excluding hydrogens is 563 g/mol. The fourth-order valence-electron chi connectivity index (χ4n) is 3.40. The summed E-state index contributed by atoms with van der Waals surface area (Å²) in [7, 11) is 0. The van der Waals surface area contributed by atoms with Gasteiger partial charge in [0.2, 0.25) is 0 Å². The molecule has 1 amide bonds. The van der Waals surface area contributed by atoms with Gasteiger partial charge >= 0.3 is 0 Å². The number of ether oxygens (including phenoxy) is 2. The molecule has 0 spiro atoms. The lowest BCUT2D eigenvalue weighted by molar-refractivity contribution is -0.384. The Kier molecular flexibility index (Phi) is 7.35. The number of aryl methyl sites for hydroxylation is 2. The van der Waals surface area contributed by atoms with E-state index in [-0.39, 0.29) is 29.5 Å². The van der Waals surface area contributed by atoms with Crippen LogP contribution in [0.5, 0.6) is 17.2 Å². The molecule has 0 fully saturated rings. The van der Waals surface area contributed by atoms with Gasteiger partial charge in [-0.3, -0.25) is 14.9 Å². The molecule has 0 atom stereocenters. The van der Waals surface area contributed by atoms with Gasteiger partial charge < -0.3 is 19.2 Å². The first kappa shape index (κ1) is 24.3. The number of benzene rings is 3. The van der Waals surface area contributed by atoms with Crippen LogP contribution in [0.3, 0.4) is 0 Å². The molecule has 4 rings (SSSR count). The van der Waals surface area contributed by atoms with Crippen molar-refractivity contribution in [2.75, 3.05) is 5.32 Å². The third kappa shape index (κ3) is 6.60. The third-order valence-corrected chi connectivity index (χ3v) is 5.59. The molecule has 0 unspecified atom stereocenters. The molecular formula is C26H21IN2O6. The molecule has 3 aromatic carbocycles. The summed E-state index contributed by atoms with van der Waals surface area (Å²) in [5, 5.41) is 14.1. The molecule has 0 aliphatic heterocycles. The minimum absolute atomic E-state index is 0.0505. The van der Waals surface area contributed by atoms with E-state index in [1.807, 2.05) is 56.3 Å². The minimum Gasteiger partial charge on any atom is -0.486 e. The van der Waals surface area contributed by atoms with Crippen LogP contribution in [0, 0.1) is 27.5 Å². The summed E-state index contributed by atoms with van der Waals surface area (Å²) in [5.74, 6) is 1.42. The lowest BCUT2D eigenvalue weighted by atomic mass is 10.1. The standard InChI is InChI=1S/C26H21IN2O6/c1-16-9-17(2)11-23(10-16)34-24-13-19(12-20(14-24)29(31)32)28-26(30)25-8-7-22(35-25)15-33-21-5-3-18(27)4-6-21/h3-14H,15H2,1-2H3,(H,28,30). The first-order valence-electron chi connectivity index (χ1n) is 10.6. The molecule has 9 heteroatoms. The SMILES string of the molecule is Cc1cc(C)cc(Oc2cc(NC(=O)c3ccc(COc4ccc(I)cc4)o3)cc([N+](=O)[O-])c2)c1. The highest BCUT2D eigenvalue weighted by Gasteiger charge is 2.16. The highest BCUT2D eigenvalue weighted by Crippen LogP contribution is 2.31. The van der Waals surface area contributed by atoms with Crippen LogP contribution in [0.15, 0.2) is 77.2 Å². The quantitative estimate of drug-likeness (QED) is 0.136. The van der Waals surface area contributed by atoms with Crippen LogP contribution in [0.4, 0.5) is 11.4 Å². The van der Waals surface area contributed by atoms with Gasteiger partial charge in [-0.15, -0.1) is 0 Å². The van der Waals surface area contributed by atoms with Gasteiger partial charge in [-0.2, -0.15) is 0 Å². The molecule has 0 saturated carbocycles. The Morgan fingerprint density at radius 1 is 0.943 bits per heavy atom. The Morgan fingerprint density at radius 3 is 2.31 bits per heavy atom. The van der Waals surface area contributed by atoms with Crippen LogP contribution in [0.2, 0.25) is 0 Å². The first-order chi connectivity index (χ1) is 16.7. The maximum Gasteiger partial charge on any atom is 0.291 e. The van der Waals surface area contributed by atoms with Crippen molar-refractivity contribution >= 4 is 39.9 Å². The van der Waals surface area contributed by atoms with Crippen molar-refractivity contribution in [1.29, 1.82) is 0 Å². The van der Waals surface area contributed by atoms with Crippen LogP contribution in [0.1, 0.15) is 27.4 Å². The number of nitro benzene ring substituents is 1. The van der Waals surface area contributed by atoms with E-state index >= 15 is 0 Å². The fourth-order valence-corrected chi connectivity index (χ4v) is 3.76. The Labute approximate surface area is 215 Å². The number of non-ortho nitro benzene ring substituents is 1. The van der Waals surface area contributed by atoms with E-state index in [1.54, 1.807) is 6.07 Å². The molecule has 8 nitrogen and oxygen atoms in total. The van der Waals surface area contributed by atoms with Crippen molar-refractivity contribution in [2.45, 2.75) is 20.5 Å². The molecule has 1 aromatic heterocycles. The van der Waals surface area contributed by atoms with Gasteiger partial charge in [0.05, 0.1) is 16.7 Å². The first-order valence-corrected chi connectivity index (χ1v) is 11.7. The Hall–Kier alpha value is -3.86. The highest BCUT2D eigenvalue weighted by molar-refractivity contribution is 14.1. The summed E-state index contributed by atoms with van der Waals surface area (Å²) < 4.78 is 18.2. The Balaban J connectivity index is 1.47. The van der Waals surface area contributed by atoms with E-state index < -0.39 is 10.8 Å². The molecule has 4 aromatic rings. The third-order valence-electron chi connectivity index (χ3n) is 4.87. The van der Waals surface area contributed by atoms with E-state index in [0.29, 0.717) is 17.3 Å². The Morgan fingerprint density at radius 2 is 1.63 bits per heavy atom. The maximum atomic E-state index is 12.7. The number of halogens is 1. The monoisotopic (exact) mass is 584 g/mol. The second kappa shape index (κ2) is 10.6. The largest absolute Gasteiger partial charge is 0.486 e. The van der Waals surface area contributed by atoms with Crippen molar-refractivity contribution in [3.05, 3.63) is 109 Å². The van der Waals surface area contributed by atoms with Gasteiger partial charge in [0, 0.05) is 15.7 Å². The topological polar surface area (TPSA) is 104 Å². The second-order valence-electron chi connectivity index (χ2n) is 7.86. The van der Waals surface area contributed by atoms with Crippen LogP contribution in [-0.2, 0) is 6.61 Å². The minimum atomic E-state index is -0.552. The molecule has 1 N–H and O–H groups in total. The molecule has 0 aliphatic rings. The van der Waals surface area contributed by atoms with Gasteiger partial charge in [-0.25, -0.2) is 0 Å². The summed E-state index contributed by atoms with van der Waals surface area (Å²) in [6.45, 7) is 4.02. The molecule has 1 heterocycles. The van der Waals surface area contributed by atoms with Crippen molar-refractivity contribution in [2.24, 2.45) is 0 Å². The number of amides is 1. The molecule has 0 saturated heterocycles. The van der Waals surface area contributed by atoms with Crippen molar-refractivity contribution in [3.8, 4) is 17.2 Å². The normalized spacial score (nSPS) is 10.6. The number of carbonyl (C=O) groups excluding carboxylic acids is 1. The van der Waals surface area contributed by atoms with Gasteiger partial charge in [0.1, 0.15) is 29.6 Å². The molecule has 35 heavy (non-hydrogen) atoms. The summed E-state index contributed by atoms with van der Waals surface area (Å²) in [6, 6.07) is 20.4. The van der Waals surface area contributed by atoms with E-state index in [0.717, 1.165) is 14.7 Å². The number of nitro groups is 1. The van der Waals surface area contributed by atoms with Gasteiger partial charge in [-0.05, 0) is 96.1 Å². The zero-order valence-corrected chi connectivity index (χ0v) is 21.1. The van der Waals surface area contributed by atoms with E-state index in [4.69, 9.17) is 13.9 Å². The fraction of sp³-hybridized carbons (Fsp3) is 0.115. The average Bonchev–Trinajstić information content (AvgIpc) is 3.27. The predicted octanol–water partition coefficient (Wildman–Crippen LogP) is 7.03. The number of hydrogen-bond donors (Lipinski definition) is 1. The van der Waals surface area contributed by atoms with E-state index in [9.17, 15) is 14.9 Å². The number of anilines is 1. The smallest absolute Gasteiger partial charge is 0.291 e. The van der Waals surface area contributed by atoms with Crippen molar-refractivity contribution < 1.29 is 23.6 Å². The van der Waals surface area contributed by atoms with Crippen LogP contribution >= 0.6 is 22.6 Å². The Bertz CT molecular complexity index is 1360. The second-order valence-corrected chi connectivity index (χ2v) is 9.11. The molecule has 0 radical (unpaired) electrons. The van der Waals surface area contributed by atoms with E-state index in [1.165, 1.54) is 24.3 Å². The van der Waals surface area contributed by atoms with Gasteiger partial charge in [-0.1, -0.05) is 6.07 Å². The number of furan rings is 1. The number of nitrogens with zero attached hydrogens (tertiary/aromatic N) is 1. The lowest BCUT2D eigenvalue weighted by Crippen LogP contribution is -2.11. The maximum absolute atomic E-state index is 12.7. The number of nitrogens with one attached hydrogen (secondary N) is 1. The summed E-state index contributed by atoms with van der Waals surface area (Å²) in [6.07, 6.45) is 0. The zero-order valence-electron chi connectivity index (χ0n) is 18.9. The van der Waals surface area contributed by atoms with Crippen LogP contribution < -0.4 is 14.8 Å². The summed E-state index contributed by atoms with van der Waals surface area (Å²) in [4.78, 5) is 23.6. The highest BCUT2D eigenvalue weighted by atomic mass is 127. The van der Waals surface area contributed by atoms with Crippen molar-refractivity contribution in [1.82, 2.24) is 0 Å². The number of rotatable bonds is 8. The predicted molar refractivity (Wildman–Crippen MR) is 139 cm³/mol. The van der Waals surface area contributed by atoms with Crippen LogP contribution in [-0.4, -0.2) is 10.8 Å². The summed E-state index contributed by atoms with van der Waals surface area (Å²) >= 11 is 2.21. The number of hydrogen-bond acceptors (Lipinski definition) is 6. The van der Waals surface area contributed by atoms with Gasteiger partial charge in [0.15, 0.2) is 5.76 Å². The van der Waals surface area contributed by atoms with Gasteiger partial charge in [0.25, 0.3) is 11.6 Å². The molecule has 178 valence electrons. The summed E-state index contributed by atoms with van der Waals surface area (Å²) in [5.41, 5.74) is 1.99. The zero-order chi connectivity index (χ0) is 24.9. The number of carbonyl (C=O) groups is 1. The van der Waals surface area contributed by atoms with E-state index in [2.05, 4.69) is 27.9 Å². The van der Waals surface area contributed by atoms with Crippen LogP contribution in [0.25, 0.3) is 0 Å². The molecule has 0 aliphatic carbocycles. The lowest BCUT2D eigenvalue weighted by Gasteiger charge is -2.10.